The van der Waals surface area contributed by atoms with Gasteiger partial charge in [-0.05, 0) is 104 Å². The van der Waals surface area contributed by atoms with Crippen molar-refractivity contribution in [3.63, 3.8) is 0 Å². The number of pyridine rings is 1. The Bertz CT molecular complexity index is 881. The van der Waals surface area contributed by atoms with Crippen LogP contribution in [0.1, 0.15) is 39.5 Å². The maximum Gasteiger partial charge on any atom is 0.405 e. The van der Waals surface area contributed by atoms with E-state index in [9.17, 15) is 9.90 Å². The van der Waals surface area contributed by atoms with Crippen LogP contribution in [0.4, 0.5) is 10.5 Å². The number of carboxylic acid groups (broad SMARTS) is 1. The third-order valence-corrected chi connectivity index (χ3v) is 7.01. The van der Waals surface area contributed by atoms with E-state index in [1.165, 1.54) is 33.9 Å². The van der Waals surface area contributed by atoms with Crippen LogP contribution in [0.2, 0.25) is 0 Å². The fraction of sp³-hybridized carbons (Fsp3) is 0.545. The Morgan fingerprint density at radius 2 is 2.07 bits per heavy atom. The highest BCUT2D eigenvalue weighted by molar-refractivity contribution is 14.1. The van der Waals surface area contributed by atoms with Gasteiger partial charge in [0.05, 0.1) is 5.52 Å². The van der Waals surface area contributed by atoms with Gasteiger partial charge in [-0.25, -0.2) is 4.79 Å². The largest absolute Gasteiger partial charge is 0.465 e. The number of amides is 1. The lowest BCUT2D eigenvalue weighted by Gasteiger charge is -2.42. The van der Waals surface area contributed by atoms with Gasteiger partial charge in [-0.2, -0.15) is 0 Å². The Hall–Kier alpha value is -1.57. The summed E-state index contributed by atoms with van der Waals surface area (Å²) in [7, 11) is 0. The van der Waals surface area contributed by atoms with Crippen molar-refractivity contribution in [2.75, 3.05) is 18.0 Å². The highest BCUT2D eigenvalue weighted by Crippen LogP contribution is 2.45. The van der Waals surface area contributed by atoms with Crippen molar-refractivity contribution in [1.82, 2.24) is 10.3 Å². The molecule has 2 heterocycles. The molecule has 2 aromatic rings. The summed E-state index contributed by atoms with van der Waals surface area (Å²) in [6, 6.07) is 8.59. The molecule has 0 bridgehead atoms. The van der Waals surface area contributed by atoms with Crippen LogP contribution in [0, 0.1) is 21.3 Å². The molecule has 1 saturated heterocycles. The summed E-state index contributed by atoms with van der Waals surface area (Å²) in [5, 5.41) is 13.1. The van der Waals surface area contributed by atoms with E-state index in [4.69, 9.17) is 0 Å². The molecule has 1 aromatic carbocycles. The molecule has 2 unspecified atom stereocenters. The minimum Gasteiger partial charge on any atom is -0.465 e. The van der Waals surface area contributed by atoms with Crippen molar-refractivity contribution >= 4 is 45.3 Å². The van der Waals surface area contributed by atoms with E-state index >= 15 is 0 Å². The maximum atomic E-state index is 11.2. The second kappa shape index (κ2) is 7.69. The van der Waals surface area contributed by atoms with Crippen molar-refractivity contribution in [1.29, 1.82) is 0 Å². The minimum atomic E-state index is -0.939. The third kappa shape index (κ3) is 4.36. The molecule has 1 amide bonds. The van der Waals surface area contributed by atoms with E-state index in [-0.39, 0.29) is 0 Å². The molecule has 5 nitrogen and oxygen atoms in total. The summed E-state index contributed by atoms with van der Waals surface area (Å²) in [6.45, 7) is 6.06. The Morgan fingerprint density at radius 1 is 1.29 bits per heavy atom. The van der Waals surface area contributed by atoms with E-state index in [1.54, 1.807) is 0 Å². The van der Waals surface area contributed by atoms with Crippen LogP contribution >= 0.6 is 22.6 Å². The van der Waals surface area contributed by atoms with E-state index in [2.05, 4.69) is 56.0 Å². The van der Waals surface area contributed by atoms with Crippen LogP contribution in [-0.2, 0) is 0 Å². The van der Waals surface area contributed by atoms with Crippen molar-refractivity contribution in [3.8, 4) is 0 Å². The van der Waals surface area contributed by atoms with Crippen LogP contribution in [0.5, 0.6) is 0 Å². The average Bonchev–Trinajstić information content (AvgIpc) is 3.45. The van der Waals surface area contributed by atoms with Crippen molar-refractivity contribution in [2.45, 2.75) is 45.1 Å². The van der Waals surface area contributed by atoms with Crippen LogP contribution in [-0.4, -0.2) is 34.8 Å². The van der Waals surface area contributed by atoms with Crippen LogP contribution in [0.3, 0.4) is 0 Å². The first kappa shape index (κ1) is 19.7. The second-order valence-corrected chi connectivity index (χ2v) is 10.3. The van der Waals surface area contributed by atoms with E-state index in [0.29, 0.717) is 11.8 Å². The Morgan fingerprint density at radius 3 is 2.79 bits per heavy atom. The highest BCUT2D eigenvalue weighted by atomic mass is 127. The molecule has 2 fully saturated rings. The number of benzene rings is 1. The van der Waals surface area contributed by atoms with Crippen LogP contribution < -0.4 is 10.2 Å². The van der Waals surface area contributed by atoms with Gasteiger partial charge in [0.1, 0.15) is 0 Å². The molecule has 0 spiro atoms. The topological polar surface area (TPSA) is 65.5 Å². The van der Waals surface area contributed by atoms with E-state index in [1.807, 2.05) is 26.1 Å². The van der Waals surface area contributed by atoms with Gasteiger partial charge in [-0.3, -0.25) is 4.98 Å². The number of fused-ring (bicyclic) bond motifs is 1. The van der Waals surface area contributed by atoms with Gasteiger partial charge in [0, 0.05) is 39.5 Å². The number of hydrogen-bond acceptors (Lipinski definition) is 3. The first-order chi connectivity index (χ1) is 13.3. The molecule has 1 aliphatic heterocycles. The van der Waals surface area contributed by atoms with Crippen molar-refractivity contribution < 1.29 is 9.90 Å². The van der Waals surface area contributed by atoms with Gasteiger partial charge in [0.25, 0.3) is 0 Å². The third-order valence-electron chi connectivity index (χ3n) is 6.14. The monoisotopic (exact) mass is 493 g/mol. The van der Waals surface area contributed by atoms with E-state index in [0.717, 1.165) is 30.9 Å². The smallest absolute Gasteiger partial charge is 0.405 e. The fourth-order valence-electron chi connectivity index (χ4n) is 4.96. The van der Waals surface area contributed by atoms with Crippen LogP contribution in [0.15, 0.2) is 30.5 Å². The first-order valence-corrected chi connectivity index (χ1v) is 11.2. The van der Waals surface area contributed by atoms with Gasteiger partial charge < -0.3 is 15.3 Å². The lowest BCUT2D eigenvalue weighted by atomic mass is 9.79. The zero-order valence-electron chi connectivity index (χ0n) is 16.5. The number of piperidine rings is 1. The van der Waals surface area contributed by atoms with Gasteiger partial charge in [-0.1, -0.05) is 0 Å². The predicted octanol–water partition coefficient (Wildman–Crippen LogP) is 5.13. The first-order valence-electron chi connectivity index (χ1n) is 10.1. The summed E-state index contributed by atoms with van der Waals surface area (Å²) in [5.74, 6) is 2.02. The SMILES string of the molecule is CC(C)(CC1CC(C2CC2)CN(c2ccc(I)c3ncccc23)C1)NC(=O)O. The lowest BCUT2D eigenvalue weighted by molar-refractivity contribution is 0.170. The van der Waals surface area contributed by atoms with Crippen LogP contribution in [0.25, 0.3) is 10.9 Å². The summed E-state index contributed by atoms with van der Waals surface area (Å²) < 4.78 is 1.18. The van der Waals surface area contributed by atoms with E-state index < -0.39 is 11.6 Å². The zero-order chi connectivity index (χ0) is 19.9. The minimum absolute atomic E-state index is 0.413. The molecule has 2 aliphatic rings. The van der Waals surface area contributed by atoms with Gasteiger partial charge in [0.2, 0.25) is 0 Å². The standard InChI is InChI=1S/C22H28IN3O2/c1-22(2,25-21(27)28)11-14-10-16(15-5-6-15)13-26(12-14)19-8-7-18(23)20-17(19)4-3-9-24-20/h3-4,7-9,14-16,25H,5-6,10-13H2,1-2H3,(H,27,28). The number of hydrogen-bond donors (Lipinski definition) is 2. The second-order valence-electron chi connectivity index (χ2n) is 9.09. The van der Waals surface area contributed by atoms with Gasteiger partial charge in [-0.15, -0.1) is 0 Å². The molecule has 1 saturated carbocycles. The predicted molar refractivity (Wildman–Crippen MR) is 121 cm³/mol. The van der Waals surface area contributed by atoms with Crippen molar-refractivity contribution in [3.05, 3.63) is 34.0 Å². The summed E-state index contributed by atoms with van der Waals surface area (Å²) in [6.07, 6.45) is 5.67. The number of aromatic nitrogens is 1. The number of halogens is 1. The molecule has 2 atom stereocenters. The number of carbonyl (C=O) groups is 1. The molecule has 1 aromatic heterocycles. The molecule has 28 heavy (non-hydrogen) atoms. The quantitative estimate of drug-likeness (QED) is 0.567. The lowest BCUT2D eigenvalue weighted by Crippen LogP contribution is -2.48. The number of anilines is 1. The number of nitrogens with one attached hydrogen (secondary N) is 1. The molecular formula is C22H28IN3O2. The normalized spacial score (nSPS) is 23.0. The molecule has 0 radical (unpaired) electrons. The summed E-state index contributed by atoms with van der Waals surface area (Å²) in [5.41, 5.74) is 1.92. The van der Waals surface area contributed by atoms with Gasteiger partial charge >= 0.3 is 6.09 Å². The molecular weight excluding hydrogens is 465 g/mol. The average molecular weight is 493 g/mol. The number of rotatable bonds is 5. The summed E-state index contributed by atoms with van der Waals surface area (Å²) >= 11 is 2.36. The fourth-order valence-corrected chi connectivity index (χ4v) is 5.57. The Balaban J connectivity index is 1.62. The molecule has 150 valence electrons. The van der Waals surface area contributed by atoms with Crippen molar-refractivity contribution in [2.24, 2.45) is 17.8 Å². The molecule has 2 N–H and O–H groups in total. The maximum absolute atomic E-state index is 11.2. The highest BCUT2D eigenvalue weighted by Gasteiger charge is 2.39. The Labute approximate surface area is 180 Å². The molecule has 4 rings (SSSR count). The molecule has 6 heteroatoms. The Kier molecular flexibility index (Phi) is 5.42. The zero-order valence-corrected chi connectivity index (χ0v) is 18.6. The summed E-state index contributed by atoms with van der Waals surface area (Å²) in [4.78, 5) is 18.3. The van der Waals surface area contributed by atoms with Gasteiger partial charge in [0.15, 0.2) is 0 Å². The number of nitrogens with zero attached hydrogens (tertiary/aromatic N) is 2. The molecule has 1 aliphatic carbocycles.